The third kappa shape index (κ3) is 2.98. The number of carbonyl (C=O) groups is 1. The number of amides is 1. The average Bonchev–Trinajstić information content (AvgIpc) is 3.03. The highest BCUT2D eigenvalue weighted by Gasteiger charge is 2.33. The number of hydrogen-bond acceptors (Lipinski definition) is 3. The quantitative estimate of drug-likeness (QED) is 0.940. The lowest BCUT2D eigenvalue weighted by atomic mass is 9.99. The minimum absolute atomic E-state index is 0.0169. The molecule has 0 saturated carbocycles. The summed E-state index contributed by atoms with van der Waals surface area (Å²) < 4.78 is 5.48. The van der Waals surface area contributed by atoms with Crippen LogP contribution in [-0.4, -0.2) is 27.5 Å². The molecular formula is C17H21N3O2. The van der Waals surface area contributed by atoms with Gasteiger partial charge in [-0.1, -0.05) is 43.7 Å². The minimum atomic E-state index is -0.254. The second-order valence-electron chi connectivity index (χ2n) is 5.55. The van der Waals surface area contributed by atoms with Crippen LogP contribution in [0.25, 0.3) is 0 Å². The topological polar surface area (TPSA) is 58.2 Å². The predicted octanol–water partition coefficient (Wildman–Crippen LogP) is 3.45. The SMILES string of the molecule is CCCC1c2nc[nH]c2CCN1C(=O)OCc1ccccc1. The fourth-order valence-electron chi connectivity index (χ4n) is 2.94. The molecule has 5 nitrogen and oxygen atoms in total. The minimum Gasteiger partial charge on any atom is -0.445 e. The summed E-state index contributed by atoms with van der Waals surface area (Å²) in [6, 6.07) is 9.77. The van der Waals surface area contributed by atoms with Crippen LogP contribution in [0, 0.1) is 0 Å². The van der Waals surface area contributed by atoms with E-state index in [-0.39, 0.29) is 12.1 Å². The molecule has 116 valence electrons. The van der Waals surface area contributed by atoms with E-state index in [2.05, 4.69) is 16.9 Å². The molecule has 1 aromatic heterocycles. The van der Waals surface area contributed by atoms with Crippen LogP contribution in [0.5, 0.6) is 0 Å². The van der Waals surface area contributed by atoms with Crippen molar-refractivity contribution in [1.82, 2.24) is 14.9 Å². The van der Waals surface area contributed by atoms with Gasteiger partial charge in [-0.25, -0.2) is 9.78 Å². The van der Waals surface area contributed by atoms with Crippen molar-refractivity contribution in [1.29, 1.82) is 0 Å². The summed E-state index contributed by atoms with van der Waals surface area (Å²) in [4.78, 5) is 21.8. The van der Waals surface area contributed by atoms with Crippen LogP contribution in [0.3, 0.4) is 0 Å². The molecule has 1 atom stereocenters. The highest BCUT2D eigenvalue weighted by molar-refractivity contribution is 5.68. The van der Waals surface area contributed by atoms with Gasteiger partial charge >= 0.3 is 6.09 Å². The third-order valence-corrected chi connectivity index (χ3v) is 4.05. The summed E-state index contributed by atoms with van der Waals surface area (Å²) in [5, 5.41) is 0. The predicted molar refractivity (Wildman–Crippen MR) is 83.3 cm³/mol. The van der Waals surface area contributed by atoms with Gasteiger partial charge in [0.05, 0.1) is 18.1 Å². The van der Waals surface area contributed by atoms with Crippen molar-refractivity contribution >= 4 is 6.09 Å². The molecule has 22 heavy (non-hydrogen) atoms. The number of benzene rings is 1. The van der Waals surface area contributed by atoms with Crippen LogP contribution < -0.4 is 0 Å². The van der Waals surface area contributed by atoms with Gasteiger partial charge in [-0.05, 0) is 12.0 Å². The van der Waals surface area contributed by atoms with Gasteiger partial charge in [-0.15, -0.1) is 0 Å². The number of ether oxygens (including phenoxy) is 1. The number of H-pyrrole nitrogens is 1. The molecule has 3 rings (SSSR count). The van der Waals surface area contributed by atoms with Crippen LogP contribution in [0.2, 0.25) is 0 Å². The Hall–Kier alpha value is -2.30. The van der Waals surface area contributed by atoms with E-state index in [0.717, 1.165) is 36.2 Å². The van der Waals surface area contributed by atoms with Crippen LogP contribution in [0.1, 0.15) is 42.8 Å². The average molecular weight is 299 g/mol. The van der Waals surface area contributed by atoms with Gasteiger partial charge in [-0.2, -0.15) is 0 Å². The van der Waals surface area contributed by atoms with Crippen molar-refractivity contribution < 1.29 is 9.53 Å². The van der Waals surface area contributed by atoms with Gasteiger partial charge in [0.15, 0.2) is 0 Å². The highest BCUT2D eigenvalue weighted by atomic mass is 16.6. The molecule has 1 aromatic carbocycles. The second kappa shape index (κ2) is 6.64. The number of carbonyl (C=O) groups excluding carboxylic acids is 1. The summed E-state index contributed by atoms with van der Waals surface area (Å²) in [6.45, 7) is 3.10. The molecule has 1 aliphatic heterocycles. The lowest BCUT2D eigenvalue weighted by molar-refractivity contribution is 0.0739. The summed E-state index contributed by atoms with van der Waals surface area (Å²) in [7, 11) is 0. The van der Waals surface area contributed by atoms with Crippen LogP contribution in [0.4, 0.5) is 4.79 Å². The molecule has 0 saturated heterocycles. The summed E-state index contributed by atoms with van der Waals surface area (Å²) >= 11 is 0. The molecule has 5 heteroatoms. The molecule has 0 spiro atoms. The van der Waals surface area contributed by atoms with Crippen molar-refractivity contribution in [2.45, 2.75) is 38.8 Å². The number of fused-ring (bicyclic) bond motifs is 1. The monoisotopic (exact) mass is 299 g/mol. The zero-order valence-corrected chi connectivity index (χ0v) is 12.8. The third-order valence-electron chi connectivity index (χ3n) is 4.05. The maximum atomic E-state index is 12.5. The van der Waals surface area contributed by atoms with E-state index in [1.807, 2.05) is 35.2 Å². The van der Waals surface area contributed by atoms with Crippen molar-refractivity contribution in [2.75, 3.05) is 6.54 Å². The zero-order chi connectivity index (χ0) is 15.4. The largest absolute Gasteiger partial charge is 0.445 e. The molecule has 1 unspecified atom stereocenters. The number of aromatic amines is 1. The number of nitrogens with zero attached hydrogens (tertiary/aromatic N) is 2. The first-order valence-electron chi connectivity index (χ1n) is 7.79. The van der Waals surface area contributed by atoms with Gasteiger partial charge in [0, 0.05) is 18.7 Å². The Morgan fingerprint density at radius 3 is 3.00 bits per heavy atom. The fraction of sp³-hybridized carbons (Fsp3) is 0.412. The van der Waals surface area contributed by atoms with E-state index in [9.17, 15) is 4.79 Å². The van der Waals surface area contributed by atoms with E-state index in [4.69, 9.17) is 4.74 Å². The van der Waals surface area contributed by atoms with Crippen LogP contribution in [-0.2, 0) is 17.8 Å². The highest BCUT2D eigenvalue weighted by Crippen LogP contribution is 2.31. The Kier molecular flexibility index (Phi) is 4.42. The van der Waals surface area contributed by atoms with Gasteiger partial charge < -0.3 is 9.72 Å². The Balaban J connectivity index is 1.69. The summed E-state index contributed by atoms with van der Waals surface area (Å²) in [5.41, 5.74) is 3.13. The van der Waals surface area contributed by atoms with Crippen LogP contribution >= 0.6 is 0 Å². The van der Waals surface area contributed by atoms with E-state index in [0.29, 0.717) is 13.2 Å². The number of hydrogen-bond donors (Lipinski definition) is 1. The van der Waals surface area contributed by atoms with E-state index in [1.165, 1.54) is 0 Å². The van der Waals surface area contributed by atoms with Gasteiger partial charge in [0.1, 0.15) is 6.61 Å². The number of nitrogens with one attached hydrogen (secondary N) is 1. The first-order chi connectivity index (χ1) is 10.8. The molecule has 1 aliphatic rings. The van der Waals surface area contributed by atoms with Crippen molar-refractivity contribution in [3.63, 3.8) is 0 Å². The molecule has 0 aliphatic carbocycles. The Labute approximate surface area is 130 Å². The molecular weight excluding hydrogens is 278 g/mol. The Morgan fingerprint density at radius 1 is 1.41 bits per heavy atom. The zero-order valence-electron chi connectivity index (χ0n) is 12.8. The maximum Gasteiger partial charge on any atom is 0.410 e. The van der Waals surface area contributed by atoms with Gasteiger partial charge in [0.25, 0.3) is 0 Å². The van der Waals surface area contributed by atoms with Gasteiger partial charge in [-0.3, -0.25) is 4.90 Å². The first-order valence-corrected chi connectivity index (χ1v) is 7.79. The molecule has 1 amide bonds. The molecule has 2 heterocycles. The number of imidazole rings is 1. The maximum absolute atomic E-state index is 12.5. The van der Waals surface area contributed by atoms with E-state index < -0.39 is 0 Å². The normalized spacial score (nSPS) is 17.1. The Bertz CT molecular complexity index is 624. The number of aromatic nitrogens is 2. The number of rotatable bonds is 4. The molecule has 1 N–H and O–H groups in total. The lowest BCUT2D eigenvalue weighted by Gasteiger charge is -2.34. The lowest BCUT2D eigenvalue weighted by Crippen LogP contribution is -2.40. The van der Waals surface area contributed by atoms with Crippen molar-refractivity contribution in [2.24, 2.45) is 0 Å². The summed E-state index contributed by atoms with van der Waals surface area (Å²) in [5.74, 6) is 0. The van der Waals surface area contributed by atoms with Crippen LogP contribution in [0.15, 0.2) is 36.7 Å². The summed E-state index contributed by atoms with van der Waals surface area (Å²) in [6.07, 6.45) is 4.16. The Morgan fingerprint density at radius 2 is 2.23 bits per heavy atom. The smallest absolute Gasteiger partial charge is 0.410 e. The second-order valence-corrected chi connectivity index (χ2v) is 5.55. The first kappa shape index (κ1) is 14.6. The molecule has 2 aromatic rings. The van der Waals surface area contributed by atoms with Gasteiger partial charge in [0.2, 0.25) is 0 Å². The molecule has 0 bridgehead atoms. The van der Waals surface area contributed by atoms with E-state index >= 15 is 0 Å². The standard InChI is InChI=1S/C17H21N3O2/c1-2-6-15-16-14(18-12-19-16)9-10-20(15)17(21)22-11-13-7-4-3-5-8-13/h3-5,7-8,12,15H,2,6,9-11H2,1H3,(H,18,19). The molecule has 0 fully saturated rings. The fourth-order valence-corrected chi connectivity index (χ4v) is 2.94. The van der Waals surface area contributed by atoms with Crippen molar-refractivity contribution in [3.05, 3.63) is 53.6 Å². The van der Waals surface area contributed by atoms with E-state index in [1.54, 1.807) is 6.33 Å². The molecule has 0 radical (unpaired) electrons. The van der Waals surface area contributed by atoms with Crippen molar-refractivity contribution in [3.8, 4) is 0 Å².